The van der Waals surface area contributed by atoms with Crippen LogP contribution in [0.3, 0.4) is 0 Å². The zero-order valence-electron chi connectivity index (χ0n) is 14.8. The second kappa shape index (κ2) is 7.61. The van der Waals surface area contributed by atoms with E-state index < -0.39 is 11.8 Å². The summed E-state index contributed by atoms with van der Waals surface area (Å²) < 4.78 is 35.3. The molecule has 144 valence electrons. The number of halogens is 1. The molecule has 7 nitrogen and oxygen atoms in total. The second-order valence-corrected chi connectivity index (χ2v) is 6.66. The number of esters is 1. The van der Waals surface area contributed by atoms with E-state index in [1.165, 1.54) is 50.0 Å². The van der Waals surface area contributed by atoms with E-state index in [4.69, 9.17) is 18.3 Å². The molecular formula is C20H11FN2O5S. The van der Waals surface area contributed by atoms with E-state index in [1.54, 1.807) is 6.07 Å². The number of furan rings is 2. The Morgan fingerprint density at radius 2 is 1.93 bits per heavy atom. The van der Waals surface area contributed by atoms with E-state index in [2.05, 4.69) is 4.98 Å². The number of carbonyl (C=O) groups is 1. The Morgan fingerprint density at radius 3 is 2.55 bits per heavy atom. The molecule has 0 aliphatic rings. The number of benzene rings is 1. The lowest BCUT2D eigenvalue weighted by Gasteiger charge is -2.07. The number of nitrogens with zero attached hydrogens (tertiary/aromatic N) is 2. The van der Waals surface area contributed by atoms with Crippen molar-refractivity contribution in [3.63, 3.8) is 0 Å². The van der Waals surface area contributed by atoms with Crippen LogP contribution in [0.1, 0.15) is 21.3 Å². The minimum absolute atomic E-state index is 0.0394. The summed E-state index contributed by atoms with van der Waals surface area (Å²) in [6, 6.07) is 10.8. The highest BCUT2D eigenvalue weighted by molar-refractivity contribution is 7.19. The van der Waals surface area contributed by atoms with E-state index >= 15 is 0 Å². The first kappa shape index (κ1) is 18.5. The molecule has 0 aliphatic carbocycles. The highest BCUT2D eigenvalue weighted by Crippen LogP contribution is 2.35. The van der Waals surface area contributed by atoms with Gasteiger partial charge in [-0.3, -0.25) is 0 Å². The number of hydrogen-bond donors (Lipinski definition) is 0. The summed E-state index contributed by atoms with van der Waals surface area (Å²) in [6.45, 7) is 0. The van der Waals surface area contributed by atoms with E-state index in [9.17, 15) is 14.4 Å². The summed E-state index contributed by atoms with van der Waals surface area (Å²) in [5, 5.41) is 10.0. The molecule has 9 heteroatoms. The van der Waals surface area contributed by atoms with Crippen LogP contribution in [0, 0.1) is 17.1 Å². The lowest BCUT2D eigenvalue weighted by molar-refractivity contribution is 0.0654. The molecule has 0 aliphatic heterocycles. The van der Waals surface area contributed by atoms with Crippen LogP contribution < -0.4 is 4.74 Å². The average Bonchev–Trinajstić information content (AvgIpc) is 3.47. The zero-order valence-corrected chi connectivity index (χ0v) is 15.7. The predicted octanol–water partition coefficient (Wildman–Crippen LogP) is 4.88. The Labute approximate surface area is 167 Å². The molecule has 0 N–H and O–H groups in total. The molecule has 0 saturated carbocycles. The zero-order chi connectivity index (χ0) is 20.4. The maximum Gasteiger partial charge on any atom is 0.379 e. The Balaban J connectivity index is 1.85. The van der Waals surface area contributed by atoms with Gasteiger partial charge in [0.2, 0.25) is 5.76 Å². The maximum atomic E-state index is 14.0. The predicted molar refractivity (Wildman–Crippen MR) is 101 cm³/mol. The first-order valence-corrected chi connectivity index (χ1v) is 9.00. The van der Waals surface area contributed by atoms with Crippen molar-refractivity contribution in [2.24, 2.45) is 0 Å². The van der Waals surface area contributed by atoms with Crippen LogP contribution in [0.2, 0.25) is 0 Å². The number of hydrogen-bond acceptors (Lipinski definition) is 8. The van der Waals surface area contributed by atoms with Gasteiger partial charge in [-0.15, -0.1) is 11.3 Å². The fourth-order valence-corrected chi connectivity index (χ4v) is 3.53. The third-order valence-electron chi connectivity index (χ3n) is 3.88. The minimum atomic E-state index is -0.803. The number of nitriles is 1. The molecule has 0 unspecified atom stereocenters. The van der Waals surface area contributed by atoms with Crippen molar-refractivity contribution in [2.45, 2.75) is 0 Å². The number of fused-ring (bicyclic) bond motifs is 1. The van der Waals surface area contributed by atoms with Crippen LogP contribution in [0.15, 0.2) is 57.8 Å². The molecule has 3 aromatic heterocycles. The van der Waals surface area contributed by atoms with Gasteiger partial charge in [-0.25, -0.2) is 14.2 Å². The average molecular weight is 410 g/mol. The van der Waals surface area contributed by atoms with Crippen molar-refractivity contribution < 1.29 is 27.5 Å². The standard InChI is InChI=1S/C20H11FN2O5S/c1-25-16-9-17-13(8-12(16)21)23-19(29-17)11(10-22)18(14-4-2-6-26-14)28-20(24)15-5-3-7-27-15/h2-9H,1H3/b18-11-. The van der Waals surface area contributed by atoms with Gasteiger partial charge in [0, 0.05) is 12.1 Å². The normalized spacial score (nSPS) is 11.8. The fourth-order valence-electron chi connectivity index (χ4n) is 2.56. The van der Waals surface area contributed by atoms with E-state index in [-0.39, 0.29) is 33.6 Å². The quantitative estimate of drug-likeness (QED) is 0.263. The first-order chi connectivity index (χ1) is 14.1. The van der Waals surface area contributed by atoms with Crippen LogP contribution in [0.4, 0.5) is 4.39 Å². The second-order valence-electron chi connectivity index (χ2n) is 5.63. The summed E-state index contributed by atoms with van der Waals surface area (Å²) >= 11 is 1.12. The molecular weight excluding hydrogens is 399 g/mol. The van der Waals surface area contributed by atoms with Crippen molar-refractivity contribution >= 4 is 38.9 Å². The van der Waals surface area contributed by atoms with E-state index in [0.717, 1.165) is 11.3 Å². The van der Waals surface area contributed by atoms with Crippen molar-refractivity contribution in [3.05, 3.63) is 71.3 Å². The lowest BCUT2D eigenvalue weighted by Crippen LogP contribution is -2.05. The molecule has 1 aromatic carbocycles. The first-order valence-electron chi connectivity index (χ1n) is 8.19. The number of rotatable bonds is 5. The molecule has 0 atom stereocenters. The van der Waals surface area contributed by atoms with Crippen molar-refractivity contribution in [1.29, 1.82) is 5.26 Å². The van der Waals surface area contributed by atoms with Gasteiger partial charge in [0.05, 0.1) is 29.9 Å². The summed E-state index contributed by atoms with van der Waals surface area (Å²) in [4.78, 5) is 16.7. The van der Waals surface area contributed by atoms with E-state index in [0.29, 0.717) is 10.2 Å². The molecule has 0 amide bonds. The number of aromatic nitrogens is 1. The molecule has 0 fully saturated rings. The van der Waals surface area contributed by atoms with Gasteiger partial charge in [-0.2, -0.15) is 5.26 Å². The largest absolute Gasteiger partial charge is 0.494 e. The molecule has 3 heterocycles. The number of thiazole rings is 1. The van der Waals surface area contributed by atoms with Crippen LogP contribution >= 0.6 is 11.3 Å². The molecule has 0 bridgehead atoms. The lowest BCUT2D eigenvalue weighted by atomic mass is 10.2. The van der Waals surface area contributed by atoms with Crippen LogP contribution in [0.25, 0.3) is 21.5 Å². The number of ether oxygens (including phenoxy) is 2. The molecule has 0 saturated heterocycles. The Hall–Kier alpha value is -3.90. The van der Waals surface area contributed by atoms with Crippen LogP contribution in [0.5, 0.6) is 5.75 Å². The monoisotopic (exact) mass is 410 g/mol. The Bertz CT molecular complexity index is 1250. The highest BCUT2D eigenvalue weighted by Gasteiger charge is 2.24. The third kappa shape index (κ3) is 3.49. The SMILES string of the molecule is COc1cc2sc(/C(C#N)=C(\OC(=O)c3ccco3)c3ccco3)nc2cc1F. The molecule has 0 spiro atoms. The summed E-state index contributed by atoms with van der Waals surface area (Å²) in [6.07, 6.45) is 2.71. The van der Waals surface area contributed by atoms with Crippen molar-refractivity contribution in [3.8, 4) is 11.8 Å². The number of carbonyl (C=O) groups excluding carboxylic acids is 1. The highest BCUT2D eigenvalue weighted by atomic mass is 32.1. The third-order valence-corrected chi connectivity index (χ3v) is 4.91. The van der Waals surface area contributed by atoms with E-state index in [1.807, 2.05) is 6.07 Å². The fraction of sp³-hybridized carbons (Fsp3) is 0.0500. The topological polar surface area (TPSA) is 98.5 Å². The maximum absolute atomic E-state index is 14.0. The Morgan fingerprint density at radius 1 is 1.21 bits per heavy atom. The van der Waals surface area contributed by atoms with Crippen LogP contribution in [-0.2, 0) is 4.74 Å². The molecule has 4 rings (SSSR count). The van der Waals surface area contributed by atoms with Crippen molar-refractivity contribution in [1.82, 2.24) is 4.98 Å². The van der Waals surface area contributed by atoms with Gasteiger partial charge >= 0.3 is 5.97 Å². The summed E-state index contributed by atoms with van der Waals surface area (Å²) in [5.41, 5.74) is 0.299. The van der Waals surface area contributed by atoms with Gasteiger partial charge in [0.1, 0.15) is 16.6 Å². The van der Waals surface area contributed by atoms with Gasteiger partial charge in [0.15, 0.2) is 23.1 Å². The smallest absolute Gasteiger partial charge is 0.379 e. The number of methoxy groups -OCH3 is 1. The summed E-state index contributed by atoms with van der Waals surface area (Å²) in [5.74, 6) is -1.32. The van der Waals surface area contributed by atoms with Gasteiger partial charge < -0.3 is 18.3 Å². The summed E-state index contributed by atoms with van der Waals surface area (Å²) in [7, 11) is 1.36. The van der Waals surface area contributed by atoms with Gasteiger partial charge in [-0.05, 0) is 24.3 Å². The molecule has 29 heavy (non-hydrogen) atoms. The minimum Gasteiger partial charge on any atom is -0.494 e. The van der Waals surface area contributed by atoms with Gasteiger partial charge in [0.25, 0.3) is 0 Å². The Kier molecular flexibility index (Phi) is 4.85. The number of allylic oxidation sites excluding steroid dienone is 1. The molecule has 4 aromatic rings. The molecule has 0 radical (unpaired) electrons. The van der Waals surface area contributed by atoms with Crippen molar-refractivity contribution in [2.75, 3.05) is 7.11 Å². The van der Waals surface area contributed by atoms with Gasteiger partial charge in [-0.1, -0.05) is 0 Å². The van der Waals surface area contributed by atoms with Crippen LogP contribution in [-0.4, -0.2) is 18.1 Å².